The number of aromatic nitrogens is 1. The zero-order chi connectivity index (χ0) is 10.1. The largest absolute Gasteiger partial charge is 0.533 e. The fraction of sp³-hybridized carbons (Fsp3) is 0. The summed E-state index contributed by atoms with van der Waals surface area (Å²) in [7, 11) is 0. The van der Waals surface area contributed by atoms with Gasteiger partial charge in [0, 0.05) is 0 Å². The lowest BCUT2D eigenvalue weighted by Gasteiger charge is -2.11. The van der Waals surface area contributed by atoms with Gasteiger partial charge in [-0.25, -0.2) is 0 Å². The molecule has 0 unspecified atom stereocenters. The molecule has 0 radical (unpaired) electrons. The van der Waals surface area contributed by atoms with Crippen LogP contribution in [0.25, 0.3) is 0 Å². The number of nitrogens with zero attached hydrogens (tertiary/aromatic N) is 2. The SMILES string of the molecule is O=[N+]([O-])c1cc[n+]([B-](Cl)(Cl)Cl)cc1. The van der Waals surface area contributed by atoms with E-state index in [1.807, 2.05) is 0 Å². The summed E-state index contributed by atoms with van der Waals surface area (Å²) in [5, 5.41) is 10.3. The second-order valence-corrected chi connectivity index (χ2v) is 4.87. The van der Waals surface area contributed by atoms with Crippen LogP contribution in [-0.2, 0) is 0 Å². The van der Waals surface area contributed by atoms with Gasteiger partial charge in [-0.05, 0) is 0 Å². The summed E-state index contributed by atoms with van der Waals surface area (Å²) >= 11 is 16.7. The standard InChI is InChI=1S/C5H4BCl3N2O2/c7-6(8,9)10-3-1-5(2-4-10)11(12)13/h1-4H. The van der Waals surface area contributed by atoms with Crippen LogP contribution in [-0.4, -0.2) is 9.45 Å². The van der Waals surface area contributed by atoms with E-state index in [1.54, 1.807) is 0 Å². The molecule has 8 heteroatoms. The van der Waals surface area contributed by atoms with E-state index in [2.05, 4.69) is 0 Å². The molecule has 0 aliphatic carbocycles. The summed E-state index contributed by atoms with van der Waals surface area (Å²) in [6.45, 7) is 0. The van der Waals surface area contributed by atoms with Crippen molar-refractivity contribution >= 4 is 44.6 Å². The van der Waals surface area contributed by atoms with Crippen LogP contribution >= 0.6 is 34.4 Å². The Labute approximate surface area is 88.9 Å². The second-order valence-electron chi connectivity index (χ2n) is 2.30. The third kappa shape index (κ3) is 2.72. The first-order valence-corrected chi connectivity index (χ1v) is 4.57. The van der Waals surface area contributed by atoms with E-state index in [-0.39, 0.29) is 5.69 Å². The van der Waals surface area contributed by atoms with Crippen LogP contribution in [0.2, 0.25) is 0 Å². The molecule has 0 bridgehead atoms. The molecule has 1 aromatic heterocycles. The third-order valence-corrected chi connectivity index (χ3v) is 2.06. The molecule has 0 saturated heterocycles. The molecule has 0 aliphatic rings. The molecule has 0 saturated carbocycles. The van der Waals surface area contributed by atoms with E-state index in [4.69, 9.17) is 34.4 Å². The molecule has 0 fully saturated rings. The lowest BCUT2D eigenvalue weighted by molar-refractivity contribution is -0.534. The monoisotopic (exact) mass is 240 g/mol. The quantitative estimate of drug-likeness (QED) is 0.451. The maximum atomic E-state index is 10.3. The Bertz CT molecular complexity index is 324. The second kappa shape index (κ2) is 3.70. The predicted molar refractivity (Wildman–Crippen MR) is 52.0 cm³/mol. The highest BCUT2D eigenvalue weighted by Gasteiger charge is 2.27. The van der Waals surface area contributed by atoms with E-state index < -0.39 is 9.45 Å². The Balaban J connectivity index is 3.01. The molecule has 0 aliphatic heterocycles. The van der Waals surface area contributed by atoms with Gasteiger partial charge in [-0.15, -0.1) is 0 Å². The van der Waals surface area contributed by atoms with Crippen molar-refractivity contribution in [2.45, 2.75) is 0 Å². The normalized spacial score (nSPS) is 11.3. The van der Waals surface area contributed by atoms with Crippen molar-refractivity contribution in [1.29, 1.82) is 0 Å². The number of rotatable bonds is 2. The molecule has 0 aromatic carbocycles. The van der Waals surface area contributed by atoms with Gasteiger partial charge in [-0.2, -0.15) is 0 Å². The van der Waals surface area contributed by atoms with Crippen LogP contribution < -0.4 is 4.48 Å². The van der Waals surface area contributed by atoms with Crippen LogP contribution in [0.1, 0.15) is 0 Å². The minimum Gasteiger partial charge on any atom is -0.384 e. The molecule has 0 amide bonds. The first kappa shape index (κ1) is 10.6. The lowest BCUT2D eigenvalue weighted by atomic mass is 10.3. The Hall–Kier alpha value is -0.515. The van der Waals surface area contributed by atoms with Crippen LogP contribution in [0.15, 0.2) is 24.5 Å². The predicted octanol–water partition coefficient (Wildman–Crippen LogP) is 1.88. The summed E-state index contributed by atoms with van der Waals surface area (Å²) in [6.07, 6.45) is 2.70. The van der Waals surface area contributed by atoms with Gasteiger partial charge in [-0.1, -0.05) is 0 Å². The molecule has 4 nitrogen and oxygen atoms in total. The van der Waals surface area contributed by atoms with E-state index in [0.717, 1.165) is 0 Å². The van der Waals surface area contributed by atoms with Gasteiger partial charge in [0.2, 0.25) is 0 Å². The number of halogens is 3. The van der Waals surface area contributed by atoms with Crippen molar-refractivity contribution in [2.75, 3.05) is 0 Å². The zero-order valence-corrected chi connectivity index (χ0v) is 8.50. The molecular weight excluding hydrogens is 237 g/mol. The number of pyridine rings is 1. The van der Waals surface area contributed by atoms with Gasteiger partial charge in [0.05, 0.1) is 17.1 Å². The van der Waals surface area contributed by atoms with Crippen molar-refractivity contribution < 1.29 is 9.40 Å². The fourth-order valence-electron chi connectivity index (χ4n) is 0.747. The van der Waals surface area contributed by atoms with Crippen molar-refractivity contribution in [2.24, 2.45) is 0 Å². The molecule has 1 rings (SSSR count). The maximum Gasteiger partial charge on any atom is 0.533 e. The molecule has 0 atom stereocenters. The Morgan fingerprint density at radius 1 is 1.31 bits per heavy atom. The number of hydrogen-bond donors (Lipinski definition) is 0. The highest BCUT2D eigenvalue weighted by atomic mass is 35.6. The Morgan fingerprint density at radius 3 is 2.08 bits per heavy atom. The first-order valence-electron chi connectivity index (χ1n) is 3.26. The minimum absolute atomic E-state index is 0.0405. The molecular formula is C5H4BCl3N2O2. The van der Waals surface area contributed by atoms with Crippen LogP contribution in [0.5, 0.6) is 0 Å². The van der Waals surface area contributed by atoms with Gasteiger partial charge >= 0.3 is 4.53 Å². The van der Waals surface area contributed by atoms with Crippen molar-refractivity contribution in [1.82, 2.24) is 0 Å². The smallest absolute Gasteiger partial charge is 0.384 e. The van der Waals surface area contributed by atoms with E-state index in [9.17, 15) is 10.1 Å². The van der Waals surface area contributed by atoms with Gasteiger partial charge in [0.15, 0.2) is 0 Å². The van der Waals surface area contributed by atoms with Crippen LogP contribution in [0.3, 0.4) is 0 Å². The summed E-state index contributed by atoms with van der Waals surface area (Å²) < 4.78 is -0.941. The molecule has 1 heterocycles. The molecule has 13 heavy (non-hydrogen) atoms. The summed E-state index contributed by atoms with van der Waals surface area (Å²) in [4.78, 5) is 9.75. The van der Waals surface area contributed by atoms with Crippen molar-refractivity contribution in [3.05, 3.63) is 34.6 Å². The van der Waals surface area contributed by atoms with E-state index in [1.165, 1.54) is 29.0 Å². The fourth-order valence-corrected chi connectivity index (χ4v) is 1.14. The van der Waals surface area contributed by atoms with Gasteiger partial charge in [-0.3, -0.25) is 44.5 Å². The Morgan fingerprint density at radius 2 is 1.77 bits per heavy atom. The van der Waals surface area contributed by atoms with Gasteiger partial charge in [0.25, 0.3) is 5.69 Å². The molecule has 70 valence electrons. The van der Waals surface area contributed by atoms with Crippen molar-refractivity contribution in [3.63, 3.8) is 0 Å². The summed E-state index contributed by atoms with van der Waals surface area (Å²) in [5.41, 5.74) is -0.0405. The average molecular weight is 241 g/mol. The number of hydrogen-bond acceptors (Lipinski definition) is 2. The summed E-state index contributed by atoms with van der Waals surface area (Å²) in [5.74, 6) is 0. The van der Waals surface area contributed by atoms with Crippen LogP contribution in [0, 0.1) is 10.1 Å². The topological polar surface area (TPSA) is 47.0 Å². The third-order valence-electron chi connectivity index (χ3n) is 1.38. The van der Waals surface area contributed by atoms with Crippen molar-refractivity contribution in [3.8, 4) is 0 Å². The lowest BCUT2D eigenvalue weighted by Crippen LogP contribution is -2.52. The van der Waals surface area contributed by atoms with Gasteiger partial charge < -0.3 is 4.48 Å². The maximum absolute atomic E-state index is 10.3. The molecule has 0 N–H and O–H groups in total. The van der Waals surface area contributed by atoms with E-state index in [0.29, 0.717) is 0 Å². The zero-order valence-electron chi connectivity index (χ0n) is 6.23. The highest BCUT2D eigenvalue weighted by molar-refractivity contribution is 7.61. The van der Waals surface area contributed by atoms with E-state index >= 15 is 0 Å². The Kier molecular flexibility index (Phi) is 3.00. The first-order chi connectivity index (χ1) is 5.91. The van der Waals surface area contributed by atoms with Gasteiger partial charge in [0.1, 0.15) is 12.4 Å². The molecule has 0 spiro atoms. The highest BCUT2D eigenvalue weighted by Crippen LogP contribution is 2.16. The summed E-state index contributed by atoms with van der Waals surface area (Å²) in [6, 6.07) is 2.54. The minimum atomic E-state index is -2.23. The molecule has 1 aromatic rings. The number of nitro groups is 1. The average Bonchev–Trinajstić information content (AvgIpc) is 2.03. The van der Waals surface area contributed by atoms with Crippen LogP contribution in [0.4, 0.5) is 5.69 Å².